The van der Waals surface area contributed by atoms with Gasteiger partial charge in [0.15, 0.2) is 5.65 Å². The van der Waals surface area contributed by atoms with Gasteiger partial charge in [-0.25, -0.2) is 9.67 Å². The molecule has 0 bridgehead atoms. The predicted molar refractivity (Wildman–Crippen MR) is 132 cm³/mol. The molecule has 1 aliphatic heterocycles. The number of aliphatic hydroxyl groups is 1. The lowest BCUT2D eigenvalue weighted by Crippen LogP contribution is -2.50. The van der Waals surface area contributed by atoms with Crippen molar-refractivity contribution in [2.24, 2.45) is 5.92 Å². The van der Waals surface area contributed by atoms with E-state index in [0.717, 1.165) is 30.8 Å². The molecule has 0 radical (unpaired) electrons. The number of carbonyl (C=O) groups excluding carboxylic acids is 1. The maximum atomic E-state index is 13.2. The number of carbonyl (C=O) groups is 1. The third kappa shape index (κ3) is 4.81. The van der Waals surface area contributed by atoms with Crippen molar-refractivity contribution < 1.29 is 14.6 Å². The number of rotatable bonds is 8. The van der Waals surface area contributed by atoms with E-state index in [1.54, 1.807) is 11.8 Å². The molecule has 0 unspecified atom stereocenters. The first-order chi connectivity index (χ1) is 16.9. The number of fused-ring (bicyclic) bond motifs is 1. The smallest absolute Gasteiger partial charge is 0.264 e. The summed E-state index contributed by atoms with van der Waals surface area (Å²) < 4.78 is 8.28. The molecule has 1 saturated heterocycles. The quantitative estimate of drug-likeness (QED) is 0.520. The first-order valence-electron chi connectivity index (χ1n) is 12.1. The molecular weight excluding hydrogens is 448 g/mol. The van der Waals surface area contributed by atoms with E-state index in [9.17, 15) is 14.7 Å². The SMILES string of the molecule is COCCN(C)c1cccc(-n2ncc3c(=O)n(CC4(O)CCN(C(=O)C5CC5)CC4)cnc32)c1. The van der Waals surface area contributed by atoms with Crippen LogP contribution in [0.25, 0.3) is 16.7 Å². The zero-order valence-corrected chi connectivity index (χ0v) is 20.3. The second kappa shape index (κ2) is 9.43. The van der Waals surface area contributed by atoms with Gasteiger partial charge in [0, 0.05) is 45.4 Å². The van der Waals surface area contributed by atoms with Gasteiger partial charge in [-0.05, 0) is 43.9 Å². The van der Waals surface area contributed by atoms with E-state index in [-0.39, 0.29) is 23.9 Å². The molecule has 10 nitrogen and oxygen atoms in total. The van der Waals surface area contributed by atoms with Crippen molar-refractivity contribution in [3.8, 4) is 5.69 Å². The summed E-state index contributed by atoms with van der Waals surface area (Å²) in [4.78, 5) is 34.0. The molecule has 3 aromatic rings. The molecule has 2 aliphatic rings. The molecule has 1 aliphatic carbocycles. The van der Waals surface area contributed by atoms with Crippen molar-refractivity contribution in [1.82, 2.24) is 24.2 Å². The number of nitrogens with zero attached hydrogens (tertiary/aromatic N) is 6. The summed E-state index contributed by atoms with van der Waals surface area (Å²) in [5, 5.41) is 16.0. The van der Waals surface area contributed by atoms with Crippen LogP contribution in [-0.4, -0.2) is 81.2 Å². The Morgan fingerprint density at radius 1 is 1.29 bits per heavy atom. The fraction of sp³-hybridized carbons (Fsp3) is 0.520. The number of likely N-dealkylation sites (tertiary alicyclic amines) is 1. The Hall–Kier alpha value is -3.24. The van der Waals surface area contributed by atoms with Crippen LogP contribution in [0.1, 0.15) is 25.7 Å². The maximum absolute atomic E-state index is 13.2. The topological polar surface area (TPSA) is 106 Å². The summed E-state index contributed by atoms with van der Waals surface area (Å²) in [6, 6.07) is 7.87. The normalized spacial score (nSPS) is 17.6. The van der Waals surface area contributed by atoms with Gasteiger partial charge in [-0.1, -0.05) is 6.07 Å². The highest BCUT2D eigenvalue weighted by atomic mass is 16.5. The van der Waals surface area contributed by atoms with Crippen molar-refractivity contribution in [1.29, 1.82) is 0 Å². The summed E-state index contributed by atoms with van der Waals surface area (Å²) >= 11 is 0. The second-order valence-electron chi connectivity index (χ2n) is 9.73. The van der Waals surface area contributed by atoms with Gasteiger partial charge in [-0.3, -0.25) is 14.2 Å². The van der Waals surface area contributed by atoms with E-state index < -0.39 is 5.60 Å². The van der Waals surface area contributed by atoms with Crippen LogP contribution < -0.4 is 10.5 Å². The molecular formula is C25H32N6O4. The average molecular weight is 481 g/mol. The minimum atomic E-state index is -1.05. The Bertz CT molecular complexity index is 1270. The van der Waals surface area contributed by atoms with Crippen molar-refractivity contribution in [3.63, 3.8) is 0 Å². The van der Waals surface area contributed by atoms with Gasteiger partial charge in [0.1, 0.15) is 11.7 Å². The summed E-state index contributed by atoms with van der Waals surface area (Å²) in [6.45, 7) is 2.55. The molecule has 2 fully saturated rings. The number of anilines is 1. The van der Waals surface area contributed by atoms with Gasteiger partial charge in [0.25, 0.3) is 5.56 Å². The maximum Gasteiger partial charge on any atom is 0.264 e. The van der Waals surface area contributed by atoms with Crippen LogP contribution >= 0.6 is 0 Å². The number of likely N-dealkylation sites (N-methyl/N-ethyl adjacent to an activating group) is 1. The highest BCUT2D eigenvalue weighted by molar-refractivity contribution is 5.81. The molecule has 5 rings (SSSR count). The number of hydrogen-bond donors (Lipinski definition) is 1. The lowest BCUT2D eigenvalue weighted by atomic mass is 9.91. The fourth-order valence-electron chi connectivity index (χ4n) is 4.68. The summed E-state index contributed by atoms with van der Waals surface area (Å²) in [7, 11) is 3.67. The van der Waals surface area contributed by atoms with E-state index in [1.807, 2.05) is 36.2 Å². The molecule has 10 heteroatoms. The van der Waals surface area contributed by atoms with Gasteiger partial charge in [0.2, 0.25) is 5.91 Å². The second-order valence-corrected chi connectivity index (χ2v) is 9.73. The van der Waals surface area contributed by atoms with E-state index in [1.165, 1.54) is 17.1 Å². The Morgan fingerprint density at radius 2 is 2.06 bits per heavy atom. The average Bonchev–Trinajstić information content (AvgIpc) is 3.63. The third-order valence-electron chi connectivity index (χ3n) is 7.10. The van der Waals surface area contributed by atoms with Gasteiger partial charge in [0.05, 0.1) is 30.6 Å². The molecule has 1 saturated carbocycles. The molecule has 1 N–H and O–H groups in total. The zero-order chi connectivity index (χ0) is 24.6. The standard InChI is InChI=1S/C25H32N6O4/c1-28(12-13-35-2)19-4-3-5-20(14-19)31-22-21(15-27-31)24(33)30(17-26-22)16-25(34)8-10-29(11-9-25)23(32)18-6-7-18/h3-5,14-15,17-18,34H,6-13,16H2,1-2H3. The lowest BCUT2D eigenvalue weighted by molar-refractivity contribution is -0.137. The van der Waals surface area contributed by atoms with Crippen LogP contribution in [0.5, 0.6) is 0 Å². The van der Waals surface area contributed by atoms with Crippen molar-refractivity contribution in [2.45, 2.75) is 37.8 Å². The van der Waals surface area contributed by atoms with Crippen LogP contribution in [0.4, 0.5) is 5.69 Å². The number of hydrogen-bond acceptors (Lipinski definition) is 7. The van der Waals surface area contributed by atoms with E-state index in [0.29, 0.717) is 43.6 Å². The first kappa shape index (κ1) is 23.5. The monoisotopic (exact) mass is 480 g/mol. The summed E-state index contributed by atoms with van der Waals surface area (Å²) in [5.74, 6) is 0.382. The number of benzene rings is 1. The van der Waals surface area contributed by atoms with Crippen LogP contribution in [0.15, 0.2) is 41.6 Å². The molecule has 0 atom stereocenters. The van der Waals surface area contributed by atoms with Gasteiger partial charge in [-0.15, -0.1) is 0 Å². The van der Waals surface area contributed by atoms with Crippen LogP contribution in [0.3, 0.4) is 0 Å². The zero-order valence-electron chi connectivity index (χ0n) is 20.3. The molecule has 3 heterocycles. The summed E-state index contributed by atoms with van der Waals surface area (Å²) in [6.07, 6.45) is 5.85. The number of aromatic nitrogens is 4. The Morgan fingerprint density at radius 3 is 2.77 bits per heavy atom. The van der Waals surface area contributed by atoms with E-state index in [2.05, 4.69) is 15.0 Å². The highest BCUT2D eigenvalue weighted by Crippen LogP contribution is 2.33. The van der Waals surface area contributed by atoms with Crippen molar-refractivity contribution >= 4 is 22.6 Å². The highest BCUT2D eigenvalue weighted by Gasteiger charge is 2.39. The van der Waals surface area contributed by atoms with Crippen LogP contribution in [-0.2, 0) is 16.1 Å². The number of ether oxygens (including phenoxy) is 1. The van der Waals surface area contributed by atoms with Crippen molar-refractivity contribution in [2.75, 3.05) is 45.3 Å². The molecule has 2 aromatic heterocycles. The molecule has 35 heavy (non-hydrogen) atoms. The third-order valence-corrected chi connectivity index (χ3v) is 7.10. The van der Waals surface area contributed by atoms with Gasteiger partial charge < -0.3 is 19.6 Å². The molecule has 0 spiro atoms. The number of amides is 1. The largest absolute Gasteiger partial charge is 0.388 e. The number of piperidine rings is 1. The van der Waals surface area contributed by atoms with Crippen molar-refractivity contribution in [3.05, 3.63) is 47.1 Å². The van der Waals surface area contributed by atoms with Gasteiger partial charge in [-0.2, -0.15) is 5.10 Å². The molecule has 186 valence electrons. The van der Waals surface area contributed by atoms with E-state index in [4.69, 9.17) is 4.74 Å². The molecule has 1 amide bonds. The first-order valence-corrected chi connectivity index (χ1v) is 12.1. The number of methoxy groups -OCH3 is 1. The van der Waals surface area contributed by atoms with Crippen LogP contribution in [0.2, 0.25) is 0 Å². The summed E-state index contributed by atoms with van der Waals surface area (Å²) in [5.41, 5.74) is 0.999. The van der Waals surface area contributed by atoms with E-state index >= 15 is 0 Å². The van der Waals surface area contributed by atoms with Crippen LogP contribution in [0, 0.1) is 5.92 Å². The Balaban J connectivity index is 1.34. The lowest BCUT2D eigenvalue weighted by Gasteiger charge is -2.38. The minimum absolute atomic E-state index is 0.144. The minimum Gasteiger partial charge on any atom is -0.388 e. The molecule has 1 aromatic carbocycles. The predicted octanol–water partition coefficient (Wildman–Crippen LogP) is 1.43. The fourth-order valence-corrected chi connectivity index (χ4v) is 4.68. The Labute approximate surface area is 203 Å². The van der Waals surface area contributed by atoms with Gasteiger partial charge >= 0.3 is 0 Å². The Kier molecular flexibility index (Phi) is 6.33.